The summed E-state index contributed by atoms with van der Waals surface area (Å²) >= 11 is 2.29. The first-order chi connectivity index (χ1) is 7.24. The predicted octanol–water partition coefficient (Wildman–Crippen LogP) is 3.06. The largest absolute Gasteiger partial charge is 0.491 e. The molecular weight excluding hydrogens is 301 g/mol. The van der Waals surface area contributed by atoms with Crippen molar-refractivity contribution in [1.82, 2.24) is 5.32 Å². The lowest BCUT2D eigenvalue weighted by Gasteiger charge is -2.12. The van der Waals surface area contributed by atoms with Crippen molar-refractivity contribution >= 4 is 22.6 Å². The van der Waals surface area contributed by atoms with Crippen LogP contribution < -0.4 is 10.1 Å². The normalized spacial score (nSPS) is 12.5. The number of benzene rings is 1. The van der Waals surface area contributed by atoms with Crippen LogP contribution in [0, 0.1) is 3.57 Å². The molecule has 0 unspecified atom stereocenters. The molecule has 0 bridgehead atoms. The van der Waals surface area contributed by atoms with Gasteiger partial charge in [0.1, 0.15) is 12.4 Å². The van der Waals surface area contributed by atoms with Crippen molar-refractivity contribution in [3.8, 4) is 5.75 Å². The van der Waals surface area contributed by atoms with Gasteiger partial charge >= 0.3 is 0 Å². The highest BCUT2D eigenvalue weighted by Crippen LogP contribution is 2.19. The molecule has 0 fully saturated rings. The van der Waals surface area contributed by atoms with E-state index in [1.807, 2.05) is 18.2 Å². The maximum atomic E-state index is 5.66. The van der Waals surface area contributed by atoms with Gasteiger partial charge in [-0.05, 0) is 48.1 Å². The van der Waals surface area contributed by atoms with E-state index >= 15 is 0 Å². The highest BCUT2D eigenvalue weighted by Gasteiger charge is 1.99. The van der Waals surface area contributed by atoms with Crippen LogP contribution >= 0.6 is 22.6 Å². The molecule has 0 aliphatic heterocycles. The van der Waals surface area contributed by atoms with E-state index in [2.05, 4.69) is 47.8 Å². The second-order valence-electron chi connectivity index (χ2n) is 3.54. The van der Waals surface area contributed by atoms with Gasteiger partial charge in [0.15, 0.2) is 0 Å². The first-order valence-electron chi connectivity index (χ1n) is 5.34. The summed E-state index contributed by atoms with van der Waals surface area (Å²) in [4.78, 5) is 0. The Balaban J connectivity index is 2.23. The molecule has 3 heteroatoms. The van der Waals surface area contributed by atoms with Crippen molar-refractivity contribution in [1.29, 1.82) is 0 Å². The Morgan fingerprint density at radius 1 is 1.40 bits per heavy atom. The zero-order valence-electron chi connectivity index (χ0n) is 9.29. The molecule has 1 atom stereocenters. The molecule has 0 aromatic heterocycles. The number of para-hydroxylation sites is 1. The van der Waals surface area contributed by atoms with Crippen molar-refractivity contribution < 1.29 is 4.74 Å². The Kier molecular flexibility index (Phi) is 6.02. The van der Waals surface area contributed by atoms with Gasteiger partial charge in [-0.2, -0.15) is 0 Å². The smallest absolute Gasteiger partial charge is 0.132 e. The van der Waals surface area contributed by atoms with Crippen LogP contribution in [0.5, 0.6) is 5.75 Å². The van der Waals surface area contributed by atoms with Gasteiger partial charge in [-0.1, -0.05) is 19.1 Å². The average molecular weight is 319 g/mol. The van der Waals surface area contributed by atoms with Crippen LogP contribution in [0.3, 0.4) is 0 Å². The van der Waals surface area contributed by atoms with E-state index in [4.69, 9.17) is 4.74 Å². The number of rotatable bonds is 6. The standard InChI is InChI=1S/C12H18INO/c1-3-10(2)14-8-9-15-12-7-5-4-6-11(12)13/h4-7,10,14H,3,8-9H2,1-2H3/t10-/m1/s1. The zero-order valence-corrected chi connectivity index (χ0v) is 11.5. The van der Waals surface area contributed by atoms with Crippen molar-refractivity contribution in [2.45, 2.75) is 26.3 Å². The molecule has 1 aromatic carbocycles. The predicted molar refractivity (Wildman–Crippen MR) is 72.4 cm³/mol. The number of ether oxygens (including phenoxy) is 1. The van der Waals surface area contributed by atoms with Crippen LogP contribution in [0.4, 0.5) is 0 Å². The molecular formula is C12H18INO. The van der Waals surface area contributed by atoms with Gasteiger partial charge in [-0.15, -0.1) is 0 Å². The molecule has 0 radical (unpaired) electrons. The SMILES string of the molecule is CC[C@@H](C)NCCOc1ccccc1I. The summed E-state index contributed by atoms with van der Waals surface area (Å²) in [5.74, 6) is 0.976. The number of hydrogen-bond acceptors (Lipinski definition) is 2. The minimum absolute atomic E-state index is 0.573. The van der Waals surface area contributed by atoms with Crippen molar-refractivity contribution in [3.63, 3.8) is 0 Å². The van der Waals surface area contributed by atoms with Gasteiger partial charge in [0.05, 0.1) is 3.57 Å². The highest BCUT2D eigenvalue weighted by atomic mass is 127. The van der Waals surface area contributed by atoms with Gasteiger partial charge in [0.2, 0.25) is 0 Å². The van der Waals surface area contributed by atoms with E-state index in [0.29, 0.717) is 6.04 Å². The highest BCUT2D eigenvalue weighted by molar-refractivity contribution is 14.1. The lowest BCUT2D eigenvalue weighted by molar-refractivity contribution is 0.304. The molecule has 1 N–H and O–H groups in total. The van der Waals surface area contributed by atoms with Crippen LogP contribution in [0.1, 0.15) is 20.3 Å². The fraction of sp³-hybridized carbons (Fsp3) is 0.500. The van der Waals surface area contributed by atoms with Gasteiger partial charge < -0.3 is 10.1 Å². The Hall–Kier alpha value is -0.290. The molecule has 0 saturated heterocycles. The summed E-state index contributed by atoms with van der Waals surface area (Å²) < 4.78 is 6.83. The maximum absolute atomic E-state index is 5.66. The van der Waals surface area contributed by atoms with E-state index in [-0.39, 0.29) is 0 Å². The van der Waals surface area contributed by atoms with Gasteiger partial charge in [0, 0.05) is 12.6 Å². The summed E-state index contributed by atoms with van der Waals surface area (Å²) in [7, 11) is 0. The number of halogens is 1. The van der Waals surface area contributed by atoms with Crippen LogP contribution in [-0.2, 0) is 0 Å². The summed E-state index contributed by atoms with van der Waals surface area (Å²) in [6.07, 6.45) is 1.16. The molecule has 0 spiro atoms. The van der Waals surface area contributed by atoms with Gasteiger partial charge in [0.25, 0.3) is 0 Å². The lowest BCUT2D eigenvalue weighted by Crippen LogP contribution is -2.29. The Morgan fingerprint density at radius 2 is 2.13 bits per heavy atom. The van der Waals surface area contributed by atoms with Crippen LogP contribution in [0.2, 0.25) is 0 Å². The third kappa shape index (κ3) is 4.84. The monoisotopic (exact) mass is 319 g/mol. The first kappa shape index (κ1) is 12.8. The fourth-order valence-electron chi connectivity index (χ4n) is 1.17. The quantitative estimate of drug-likeness (QED) is 0.643. The fourth-order valence-corrected chi connectivity index (χ4v) is 1.72. The zero-order chi connectivity index (χ0) is 11.1. The number of nitrogens with one attached hydrogen (secondary N) is 1. The van der Waals surface area contributed by atoms with E-state index in [1.54, 1.807) is 0 Å². The van der Waals surface area contributed by atoms with Gasteiger partial charge in [-0.3, -0.25) is 0 Å². The molecule has 15 heavy (non-hydrogen) atoms. The second kappa shape index (κ2) is 7.06. The first-order valence-corrected chi connectivity index (χ1v) is 6.42. The Morgan fingerprint density at radius 3 is 2.80 bits per heavy atom. The summed E-state index contributed by atoms with van der Waals surface area (Å²) in [5, 5.41) is 3.39. The van der Waals surface area contributed by atoms with Crippen molar-refractivity contribution in [2.75, 3.05) is 13.2 Å². The average Bonchev–Trinajstić information content (AvgIpc) is 2.26. The molecule has 1 rings (SSSR count). The van der Waals surface area contributed by atoms with Crippen LogP contribution in [-0.4, -0.2) is 19.2 Å². The van der Waals surface area contributed by atoms with E-state index in [0.717, 1.165) is 25.3 Å². The third-order valence-electron chi connectivity index (χ3n) is 2.30. The molecule has 0 aliphatic carbocycles. The molecule has 0 amide bonds. The lowest BCUT2D eigenvalue weighted by atomic mass is 10.3. The minimum atomic E-state index is 0.573. The molecule has 84 valence electrons. The summed E-state index contributed by atoms with van der Waals surface area (Å²) in [6, 6.07) is 8.65. The topological polar surface area (TPSA) is 21.3 Å². The van der Waals surface area contributed by atoms with E-state index < -0.39 is 0 Å². The molecule has 1 aromatic rings. The van der Waals surface area contributed by atoms with Crippen LogP contribution in [0.15, 0.2) is 24.3 Å². The van der Waals surface area contributed by atoms with Crippen molar-refractivity contribution in [2.24, 2.45) is 0 Å². The van der Waals surface area contributed by atoms with Crippen molar-refractivity contribution in [3.05, 3.63) is 27.8 Å². The minimum Gasteiger partial charge on any atom is -0.491 e. The van der Waals surface area contributed by atoms with E-state index in [9.17, 15) is 0 Å². The Labute approximate surface area is 106 Å². The number of hydrogen-bond donors (Lipinski definition) is 1. The second-order valence-corrected chi connectivity index (χ2v) is 4.70. The third-order valence-corrected chi connectivity index (χ3v) is 3.19. The molecule has 0 aliphatic rings. The van der Waals surface area contributed by atoms with E-state index in [1.165, 1.54) is 3.57 Å². The molecule has 0 saturated carbocycles. The van der Waals surface area contributed by atoms with Crippen LogP contribution in [0.25, 0.3) is 0 Å². The summed E-state index contributed by atoms with van der Waals surface area (Å²) in [5.41, 5.74) is 0. The molecule has 2 nitrogen and oxygen atoms in total. The summed E-state index contributed by atoms with van der Waals surface area (Å²) in [6.45, 7) is 6.00. The molecule has 0 heterocycles. The maximum Gasteiger partial charge on any atom is 0.132 e. The van der Waals surface area contributed by atoms with Gasteiger partial charge in [-0.25, -0.2) is 0 Å². The Bertz CT molecular complexity index is 291.